The lowest BCUT2D eigenvalue weighted by Gasteiger charge is -2.28. The summed E-state index contributed by atoms with van der Waals surface area (Å²) in [6, 6.07) is 7.07. The highest BCUT2D eigenvalue weighted by atomic mass is 15.1. The summed E-state index contributed by atoms with van der Waals surface area (Å²) < 4.78 is 0. The quantitative estimate of drug-likeness (QED) is 0.773. The van der Waals surface area contributed by atoms with Crippen LogP contribution < -0.4 is 10.6 Å². The van der Waals surface area contributed by atoms with Gasteiger partial charge in [0.25, 0.3) is 0 Å². The van der Waals surface area contributed by atoms with Crippen LogP contribution >= 0.6 is 0 Å². The van der Waals surface area contributed by atoms with Crippen LogP contribution in [-0.4, -0.2) is 19.1 Å². The second kappa shape index (κ2) is 8.31. The molecule has 1 aromatic carbocycles. The predicted octanol–water partition coefficient (Wildman–Crippen LogP) is 4.15. The first-order valence-electron chi connectivity index (χ1n) is 8.11. The summed E-state index contributed by atoms with van der Waals surface area (Å²) in [6.07, 6.45) is 3.48. The van der Waals surface area contributed by atoms with Crippen molar-refractivity contribution in [3.63, 3.8) is 0 Å². The fourth-order valence-corrected chi connectivity index (χ4v) is 2.73. The van der Waals surface area contributed by atoms with Gasteiger partial charge in [-0.2, -0.15) is 0 Å². The maximum absolute atomic E-state index is 5.91. The lowest BCUT2D eigenvalue weighted by molar-refractivity contribution is 0.486. The van der Waals surface area contributed by atoms with Crippen LogP contribution in [0.4, 0.5) is 5.69 Å². The first-order valence-corrected chi connectivity index (χ1v) is 8.11. The van der Waals surface area contributed by atoms with Gasteiger partial charge in [-0.15, -0.1) is 0 Å². The molecule has 2 nitrogen and oxygen atoms in total. The van der Waals surface area contributed by atoms with E-state index in [-0.39, 0.29) is 6.04 Å². The van der Waals surface area contributed by atoms with Gasteiger partial charge in [-0.3, -0.25) is 0 Å². The molecule has 0 aliphatic heterocycles. The first kappa shape index (κ1) is 17.0. The number of nitrogens with zero attached hydrogens (tertiary/aromatic N) is 1. The van der Waals surface area contributed by atoms with E-state index >= 15 is 0 Å². The van der Waals surface area contributed by atoms with Gasteiger partial charge in [0, 0.05) is 24.8 Å². The molecule has 0 aromatic heterocycles. The Morgan fingerprint density at radius 3 is 2.25 bits per heavy atom. The molecular formula is C18H32N2. The van der Waals surface area contributed by atoms with E-state index < -0.39 is 0 Å². The molecule has 20 heavy (non-hydrogen) atoms. The van der Waals surface area contributed by atoms with Gasteiger partial charge in [-0.1, -0.05) is 32.8 Å². The van der Waals surface area contributed by atoms with Crippen molar-refractivity contribution in [1.82, 2.24) is 0 Å². The smallest absolute Gasteiger partial charge is 0.0369 e. The molecule has 1 atom stereocenters. The van der Waals surface area contributed by atoms with Gasteiger partial charge in [-0.25, -0.2) is 0 Å². The highest BCUT2D eigenvalue weighted by Gasteiger charge is 2.12. The van der Waals surface area contributed by atoms with Gasteiger partial charge in [0.15, 0.2) is 0 Å². The van der Waals surface area contributed by atoms with Crippen molar-refractivity contribution >= 4 is 5.69 Å². The van der Waals surface area contributed by atoms with E-state index in [1.165, 1.54) is 29.7 Å². The minimum absolute atomic E-state index is 0.228. The van der Waals surface area contributed by atoms with Crippen LogP contribution in [0.25, 0.3) is 0 Å². The van der Waals surface area contributed by atoms with E-state index in [4.69, 9.17) is 5.73 Å². The summed E-state index contributed by atoms with van der Waals surface area (Å²) in [4.78, 5) is 2.50. The van der Waals surface area contributed by atoms with Crippen molar-refractivity contribution in [3.05, 3.63) is 29.3 Å². The second-order valence-corrected chi connectivity index (χ2v) is 6.01. The summed E-state index contributed by atoms with van der Waals surface area (Å²) in [6.45, 7) is 13.3. The summed E-state index contributed by atoms with van der Waals surface area (Å²) in [5.41, 5.74) is 10.0. The molecule has 0 aliphatic rings. The van der Waals surface area contributed by atoms with E-state index in [0.717, 1.165) is 25.4 Å². The van der Waals surface area contributed by atoms with Crippen LogP contribution in [-0.2, 0) is 6.42 Å². The molecule has 1 aromatic rings. The van der Waals surface area contributed by atoms with Crippen molar-refractivity contribution in [3.8, 4) is 0 Å². The van der Waals surface area contributed by atoms with Gasteiger partial charge in [0.1, 0.15) is 0 Å². The van der Waals surface area contributed by atoms with E-state index in [1.807, 2.05) is 0 Å². The normalized spacial score (nSPS) is 12.8. The van der Waals surface area contributed by atoms with Crippen LogP contribution in [0.5, 0.6) is 0 Å². The molecule has 0 saturated heterocycles. The number of benzene rings is 1. The van der Waals surface area contributed by atoms with Crippen LogP contribution in [0.1, 0.15) is 51.7 Å². The molecule has 0 spiro atoms. The van der Waals surface area contributed by atoms with Crippen molar-refractivity contribution in [1.29, 1.82) is 0 Å². The van der Waals surface area contributed by atoms with E-state index in [0.29, 0.717) is 0 Å². The molecule has 114 valence electrons. The van der Waals surface area contributed by atoms with E-state index in [2.05, 4.69) is 57.7 Å². The standard InChI is InChI=1S/C18H32N2/c1-6-16(7-2)13-20(8-3)18-10-9-17(12-15(5)19)14(4)11-18/h9-11,15-16H,6-8,12-13,19H2,1-5H3. The van der Waals surface area contributed by atoms with Crippen molar-refractivity contribution in [2.45, 2.75) is 59.9 Å². The molecule has 2 N–H and O–H groups in total. The number of aryl methyl sites for hydroxylation is 1. The van der Waals surface area contributed by atoms with Crippen LogP contribution in [0.2, 0.25) is 0 Å². The second-order valence-electron chi connectivity index (χ2n) is 6.01. The Bertz CT molecular complexity index is 394. The predicted molar refractivity (Wildman–Crippen MR) is 90.5 cm³/mol. The SMILES string of the molecule is CCC(CC)CN(CC)c1ccc(CC(C)N)c(C)c1. The molecule has 0 heterocycles. The fraction of sp³-hybridized carbons (Fsp3) is 0.667. The van der Waals surface area contributed by atoms with Crippen molar-refractivity contribution < 1.29 is 0 Å². The summed E-state index contributed by atoms with van der Waals surface area (Å²) in [5, 5.41) is 0. The molecule has 1 unspecified atom stereocenters. The highest BCUT2D eigenvalue weighted by Crippen LogP contribution is 2.22. The summed E-state index contributed by atoms with van der Waals surface area (Å²) >= 11 is 0. The number of hydrogen-bond donors (Lipinski definition) is 1. The maximum atomic E-state index is 5.91. The number of rotatable bonds is 8. The zero-order valence-electron chi connectivity index (χ0n) is 13.9. The van der Waals surface area contributed by atoms with Crippen molar-refractivity contribution in [2.75, 3.05) is 18.0 Å². The molecule has 0 saturated carbocycles. The molecule has 0 bridgehead atoms. The third kappa shape index (κ3) is 4.82. The Labute approximate surface area is 125 Å². The number of anilines is 1. The highest BCUT2D eigenvalue weighted by molar-refractivity contribution is 5.51. The van der Waals surface area contributed by atoms with Crippen LogP contribution in [0, 0.1) is 12.8 Å². The number of hydrogen-bond acceptors (Lipinski definition) is 2. The summed E-state index contributed by atoms with van der Waals surface area (Å²) in [7, 11) is 0. The Morgan fingerprint density at radius 1 is 1.15 bits per heavy atom. The lowest BCUT2D eigenvalue weighted by Crippen LogP contribution is -2.29. The molecule has 0 fully saturated rings. The Morgan fingerprint density at radius 2 is 1.80 bits per heavy atom. The van der Waals surface area contributed by atoms with Gasteiger partial charge in [0.2, 0.25) is 0 Å². The Hall–Kier alpha value is -1.02. The monoisotopic (exact) mass is 276 g/mol. The van der Waals surface area contributed by atoms with Gasteiger partial charge in [0.05, 0.1) is 0 Å². The van der Waals surface area contributed by atoms with E-state index in [1.54, 1.807) is 0 Å². The third-order valence-corrected chi connectivity index (χ3v) is 4.25. The molecule has 2 heteroatoms. The molecule has 1 rings (SSSR count). The summed E-state index contributed by atoms with van der Waals surface area (Å²) in [5.74, 6) is 0.791. The zero-order chi connectivity index (χ0) is 15.1. The minimum atomic E-state index is 0.228. The minimum Gasteiger partial charge on any atom is -0.372 e. The van der Waals surface area contributed by atoms with Gasteiger partial charge < -0.3 is 10.6 Å². The molecule has 0 radical (unpaired) electrons. The molecular weight excluding hydrogens is 244 g/mol. The number of nitrogens with two attached hydrogens (primary N) is 1. The molecule has 0 aliphatic carbocycles. The first-order chi connectivity index (χ1) is 9.51. The third-order valence-electron chi connectivity index (χ3n) is 4.25. The topological polar surface area (TPSA) is 29.3 Å². The largest absolute Gasteiger partial charge is 0.372 e. The Balaban J connectivity index is 2.85. The van der Waals surface area contributed by atoms with E-state index in [9.17, 15) is 0 Å². The van der Waals surface area contributed by atoms with Crippen molar-refractivity contribution in [2.24, 2.45) is 11.7 Å². The van der Waals surface area contributed by atoms with Gasteiger partial charge >= 0.3 is 0 Å². The van der Waals surface area contributed by atoms with Gasteiger partial charge in [-0.05, 0) is 56.4 Å². The Kier molecular flexibility index (Phi) is 7.08. The lowest BCUT2D eigenvalue weighted by atomic mass is 10.00. The zero-order valence-corrected chi connectivity index (χ0v) is 13.9. The fourth-order valence-electron chi connectivity index (χ4n) is 2.73. The average molecular weight is 276 g/mol. The average Bonchev–Trinajstić information content (AvgIpc) is 2.42. The molecule has 0 amide bonds. The maximum Gasteiger partial charge on any atom is 0.0369 e. The van der Waals surface area contributed by atoms with Crippen LogP contribution in [0.3, 0.4) is 0 Å². The van der Waals surface area contributed by atoms with Crippen LogP contribution in [0.15, 0.2) is 18.2 Å².